The number of pyridine rings is 1. The molecule has 2 rings (SSSR count). The number of rotatable bonds is 2. The highest BCUT2D eigenvalue weighted by Gasteiger charge is 2.30. The minimum Gasteiger partial charge on any atom is -0.384 e. The first-order valence-corrected chi connectivity index (χ1v) is 6.27. The van der Waals surface area contributed by atoms with Crippen molar-refractivity contribution in [2.75, 3.05) is 18.9 Å². The Bertz CT molecular complexity index is 436. The van der Waals surface area contributed by atoms with E-state index in [0.717, 1.165) is 6.42 Å². The van der Waals surface area contributed by atoms with E-state index in [1.54, 1.807) is 18.2 Å². The normalized spacial score (nSPS) is 24.0. The lowest BCUT2D eigenvalue weighted by Gasteiger charge is -2.38. The van der Waals surface area contributed by atoms with Crippen LogP contribution in [0.25, 0.3) is 0 Å². The molecule has 0 saturated carbocycles. The highest BCUT2D eigenvalue weighted by atomic mass is 16.5. The molecule has 5 nitrogen and oxygen atoms in total. The molecule has 1 fully saturated rings. The number of amides is 1. The third-order valence-electron chi connectivity index (χ3n) is 3.19. The molecule has 2 unspecified atom stereocenters. The van der Waals surface area contributed by atoms with Crippen molar-refractivity contribution in [2.24, 2.45) is 0 Å². The second-order valence-corrected chi connectivity index (χ2v) is 4.61. The number of aromatic nitrogens is 1. The van der Waals surface area contributed by atoms with Crippen LogP contribution < -0.4 is 5.73 Å². The monoisotopic (exact) mass is 249 g/mol. The Hall–Kier alpha value is -1.62. The van der Waals surface area contributed by atoms with E-state index in [4.69, 9.17) is 10.5 Å². The predicted octanol–water partition coefficient (Wildman–Crippen LogP) is 1.30. The first-order valence-electron chi connectivity index (χ1n) is 6.27. The SMILES string of the molecule is CCC1COC(C)CN1C(=O)c1cccc(N)n1. The average molecular weight is 249 g/mol. The van der Waals surface area contributed by atoms with E-state index in [1.807, 2.05) is 11.8 Å². The van der Waals surface area contributed by atoms with Crippen molar-refractivity contribution < 1.29 is 9.53 Å². The molecular weight excluding hydrogens is 230 g/mol. The molecule has 98 valence electrons. The van der Waals surface area contributed by atoms with Gasteiger partial charge in [0.15, 0.2) is 0 Å². The first-order chi connectivity index (χ1) is 8.61. The zero-order valence-electron chi connectivity index (χ0n) is 10.8. The van der Waals surface area contributed by atoms with Crippen molar-refractivity contribution >= 4 is 11.7 Å². The van der Waals surface area contributed by atoms with Gasteiger partial charge in [0.2, 0.25) is 0 Å². The fourth-order valence-corrected chi connectivity index (χ4v) is 2.15. The fourth-order valence-electron chi connectivity index (χ4n) is 2.15. The topological polar surface area (TPSA) is 68.5 Å². The maximum atomic E-state index is 12.4. The maximum absolute atomic E-state index is 12.4. The van der Waals surface area contributed by atoms with Crippen LogP contribution in [-0.2, 0) is 4.74 Å². The van der Waals surface area contributed by atoms with Crippen molar-refractivity contribution in [1.29, 1.82) is 0 Å². The molecule has 1 aliphatic heterocycles. The third kappa shape index (κ3) is 2.61. The number of hydrogen-bond donors (Lipinski definition) is 1. The zero-order valence-corrected chi connectivity index (χ0v) is 10.8. The van der Waals surface area contributed by atoms with E-state index in [9.17, 15) is 4.79 Å². The van der Waals surface area contributed by atoms with Gasteiger partial charge in [0.1, 0.15) is 11.5 Å². The summed E-state index contributed by atoms with van der Waals surface area (Å²) in [6.45, 7) is 5.22. The lowest BCUT2D eigenvalue weighted by atomic mass is 10.1. The van der Waals surface area contributed by atoms with E-state index < -0.39 is 0 Å². The second-order valence-electron chi connectivity index (χ2n) is 4.61. The number of anilines is 1. The van der Waals surface area contributed by atoms with Gasteiger partial charge in [-0.05, 0) is 25.5 Å². The van der Waals surface area contributed by atoms with E-state index in [2.05, 4.69) is 11.9 Å². The molecule has 1 amide bonds. The summed E-state index contributed by atoms with van der Waals surface area (Å²) in [6, 6.07) is 5.25. The zero-order chi connectivity index (χ0) is 13.1. The van der Waals surface area contributed by atoms with Crippen molar-refractivity contribution in [3.8, 4) is 0 Å². The molecule has 0 aliphatic carbocycles. The molecule has 5 heteroatoms. The number of nitrogen functional groups attached to an aromatic ring is 1. The van der Waals surface area contributed by atoms with Crippen LogP contribution >= 0.6 is 0 Å². The van der Waals surface area contributed by atoms with Gasteiger partial charge in [-0.2, -0.15) is 0 Å². The van der Waals surface area contributed by atoms with Gasteiger partial charge in [-0.15, -0.1) is 0 Å². The number of carbonyl (C=O) groups is 1. The minimum absolute atomic E-state index is 0.0655. The number of nitrogens with two attached hydrogens (primary N) is 1. The first kappa shape index (κ1) is 12.8. The van der Waals surface area contributed by atoms with E-state index >= 15 is 0 Å². The Morgan fingerprint density at radius 3 is 3.06 bits per heavy atom. The average Bonchev–Trinajstić information content (AvgIpc) is 2.38. The second kappa shape index (κ2) is 5.35. The molecule has 18 heavy (non-hydrogen) atoms. The summed E-state index contributed by atoms with van der Waals surface area (Å²) in [5.74, 6) is 0.305. The van der Waals surface area contributed by atoms with Crippen LogP contribution in [0.15, 0.2) is 18.2 Å². The van der Waals surface area contributed by atoms with Gasteiger partial charge >= 0.3 is 0 Å². The molecule has 1 aromatic heterocycles. The van der Waals surface area contributed by atoms with Crippen LogP contribution in [0.1, 0.15) is 30.8 Å². The minimum atomic E-state index is -0.0655. The van der Waals surface area contributed by atoms with Gasteiger partial charge in [-0.1, -0.05) is 13.0 Å². The largest absolute Gasteiger partial charge is 0.384 e. The number of hydrogen-bond acceptors (Lipinski definition) is 4. The molecule has 2 N–H and O–H groups in total. The standard InChI is InChI=1S/C13H19N3O2/c1-3-10-8-18-9(2)7-16(10)13(17)11-5-4-6-12(14)15-11/h4-6,9-10H,3,7-8H2,1-2H3,(H2,14,15). The number of nitrogens with zero attached hydrogens (tertiary/aromatic N) is 2. The Morgan fingerprint density at radius 2 is 2.39 bits per heavy atom. The quantitative estimate of drug-likeness (QED) is 0.858. The number of morpholine rings is 1. The van der Waals surface area contributed by atoms with Crippen LogP contribution in [0.4, 0.5) is 5.82 Å². The molecule has 1 aromatic rings. The molecule has 2 atom stereocenters. The summed E-state index contributed by atoms with van der Waals surface area (Å²) in [7, 11) is 0. The summed E-state index contributed by atoms with van der Waals surface area (Å²) in [4.78, 5) is 18.4. The predicted molar refractivity (Wildman–Crippen MR) is 69.2 cm³/mol. The van der Waals surface area contributed by atoms with E-state index in [-0.39, 0.29) is 18.1 Å². The molecule has 0 spiro atoms. The van der Waals surface area contributed by atoms with Crippen LogP contribution in [0.5, 0.6) is 0 Å². The van der Waals surface area contributed by atoms with Crippen molar-refractivity contribution in [3.05, 3.63) is 23.9 Å². The third-order valence-corrected chi connectivity index (χ3v) is 3.19. The summed E-state index contributed by atoms with van der Waals surface area (Å²) >= 11 is 0. The molecule has 0 aromatic carbocycles. The van der Waals surface area contributed by atoms with Crippen LogP contribution in [-0.4, -0.2) is 41.1 Å². The van der Waals surface area contributed by atoms with Crippen molar-refractivity contribution in [1.82, 2.24) is 9.88 Å². The van der Waals surface area contributed by atoms with Crippen molar-refractivity contribution in [2.45, 2.75) is 32.4 Å². The van der Waals surface area contributed by atoms with Gasteiger partial charge in [-0.3, -0.25) is 4.79 Å². The molecular formula is C13H19N3O2. The Morgan fingerprint density at radius 1 is 1.61 bits per heavy atom. The molecule has 1 aliphatic rings. The van der Waals surface area contributed by atoms with Gasteiger partial charge in [-0.25, -0.2) is 4.98 Å². The van der Waals surface area contributed by atoms with Gasteiger partial charge < -0.3 is 15.4 Å². The maximum Gasteiger partial charge on any atom is 0.272 e. The summed E-state index contributed by atoms with van der Waals surface area (Å²) in [5, 5.41) is 0. The Balaban J connectivity index is 2.20. The van der Waals surface area contributed by atoms with E-state index in [0.29, 0.717) is 24.7 Å². The Labute approximate surface area is 107 Å². The summed E-state index contributed by atoms with van der Waals surface area (Å²) < 4.78 is 5.58. The Kier molecular flexibility index (Phi) is 3.81. The fraction of sp³-hybridized carbons (Fsp3) is 0.538. The van der Waals surface area contributed by atoms with Gasteiger partial charge in [0.25, 0.3) is 5.91 Å². The van der Waals surface area contributed by atoms with Crippen molar-refractivity contribution in [3.63, 3.8) is 0 Å². The smallest absolute Gasteiger partial charge is 0.272 e. The molecule has 0 radical (unpaired) electrons. The lowest BCUT2D eigenvalue weighted by molar-refractivity contribution is -0.0445. The summed E-state index contributed by atoms with van der Waals surface area (Å²) in [6.07, 6.45) is 0.943. The molecule has 0 bridgehead atoms. The summed E-state index contributed by atoms with van der Waals surface area (Å²) in [5.41, 5.74) is 6.02. The number of ether oxygens (including phenoxy) is 1. The van der Waals surface area contributed by atoms with Gasteiger partial charge in [0.05, 0.1) is 18.8 Å². The number of carbonyl (C=O) groups excluding carboxylic acids is 1. The highest BCUT2D eigenvalue weighted by molar-refractivity contribution is 5.93. The highest BCUT2D eigenvalue weighted by Crippen LogP contribution is 2.17. The van der Waals surface area contributed by atoms with Crippen LogP contribution in [0.2, 0.25) is 0 Å². The molecule has 2 heterocycles. The van der Waals surface area contributed by atoms with Crippen LogP contribution in [0, 0.1) is 0 Å². The van der Waals surface area contributed by atoms with E-state index in [1.165, 1.54) is 0 Å². The molecule has 1 saturated heterocycles. The lowest BCUT2D eigenvalue weighted by Crippen LogP contribution is -2.51. The van der Waals surface area contributed by atoms with Gasteiger partial charge in [0, 0.05) is 6.54 Å². The van der Waals surface area contributed by atoms with Crippen LogP contribution in [0.3, 0.4) is 0 Å².